The number of benzene rings is 1. The molecule has 0 saturated carbocycles. The molecule has 0 aromatic heterocycles. The molecule has 0 unspecified atom stereocenters. The summed E-state index contributed by atoms with van der Waals surface area (Å²) < 4.78 is 0. The van der Waals surface area contributed by atoms with Crippen LogP contribution in [0.15, 0.2) is 41.1 Å². The molecule has 3 nitrogen and oxygen atoms in total. The van der Waals surface area contributed by atoms with Crippen molar-refractivity contribution in [2.45, 2.75) is 6.42 Å². The van der Waals surface area contributed by atoms with E-state index >= 15 is 0 Å². The van der Waals surface area contributed by atoms with Crippen molar-refractivity contribution in [2.24, 2.45) is 5.10 Å². The fourth-order valence-corrected chi connectivity index (χ4v) is 2.47. The van der Waals surface area contributed by atoms with Crippen LogP contribution < -0.4 is 5.01 Å². The van der Waals surface area contributed by atoms with Gasteiger partial charge in [0.2, 0.25) is 0 Å². The molecule has 0 fully saturated rings. The summed E-state index contributed by atoms with van der Waals surface area (Å²) in [4.78, 5) is 2.21. The van der Waals surface area contributed by atoms with Crippen molar-refractivity contribution in [2.75, 3.05) is 25.1 Å². The van der Waals surface area contributed by atoms with E-state index in [0.717, 1.165) is 30.2 Å². The molecule has 0 saturated heterocycles. The third kappa shape index (κ3) is 1.91. The summed E-state index contributed by atoms with van der Waals surface area (Å²) in [6.07, 6.45) is 3.20. The Balaban J connectivity index is 1.93. The number of halogens is 1. The third-order valence-corrected chi connectivity index (χ3v) is 3.46. The lowest BCUT2D eigenvalue weighted by atomic mass is 10.1. The van der Waals surface area contributed by atoms with Crippen molar-refractivity contribution >= 4 is 23.0 Å². The van der Waals surface area contributed by atoms with Gasteiger partial charge >= 0.3 is 0 Å². The monoisotopic (exact) mass is 247 g/mol. The maximum atomic E-state index is 6.19. The van der Waals surface area contributed by atoms with Crippen LogP contribution in [-0.2, 0) is 0 Å². The second kappa shape index (κ2) is 4.08. The van der Waals surface area contributed by atoms with Crippen LogP contribution in [0.1, 0.15) is 6.42 Å². The first-order chi connectivity index (χ1) is 8.24. The lowest BCUT2D eigenvalue weighted by Gasteiger charge is -2.20. The molecule has 0 N–H and O–H groups in total. The molecule has 4 heteroatoms. The topological polar surface area (TPSA) is 18.8 Å². The third-order valence-electron chi connectivity index (χ3n) is 3.14. The first kappa shape index (κ1) is 10.7. The Morgan fingerprint density at radius 1 is 1.29 bits per heavy atom. The van der Waals surface area contributed by atoms with Crippen molar-refractivity contribution < 1.29 is 0 Å². The smallest absolute Gasteiger partial charge is 0.0784 e. The average Bonchev–Trinajstić information content (AvgIpc) is 2.72. The number of rotatable bonds is 1. The van der Waals surface area contributed by atoms with Crippen LogP contribution in [0, 0.1) is 0 Å². The van der Waals surface area contributed by atoms with Crippen LogP contribution in [0.4, 0.5) is 5.69 Å². The van der Waals surface area contributed by atoms with E-state index in [1.807, 2.05) is 29.3 Å². The highest BCUT2D eigenvalue weighted by Gasteiger charge is 2.25. The average molecular weight is 248 g/mol. The summed E-state index contributed by atoms with van der Waals surface area (Å²) in [5.74, 6) is 0. The molecule has 1 aromatic carbocycles. The predicted octanol–water partition coefficient (Wildman–Crippen LogP) is 2.74. The minimum absolute atomic E-state index is 0.754. The predicted molar refractivity (Wildman–Crippen MR) is 71.6 cm³/mol. The zero-order chi connectivity index (χ0) is 11.8. The van der Waals surface area contributed by atoms with Gasteiger partial charge in [-0.25, -0.2) is 0 Å². The zero-order valence-corrected chi connectivity index (χ0v) is 10.5. The first-order valence-corrected chi connectivity index (χ1v) is 6.13. The van der Waals surface area contributed by atoms with E-state index < -0.39 is 0 Å². The summed E-state index contributed by atoms with van der Waals surface area (Å²) in [5.41, 5.74) is 3.49. The maximum absolute atomic E-state index is 6.19. The van der Waals surface area contributed by atoms with E-state index in [0.29, 0.717) is 0 Å². The van der Waals surface area contributed by atoms with Gasteiger partial charge in [-0.3, -0.25) is 5.01 Å². The number of para-hydroxylation sites is 1. The molecule has 2 aliphatic rings. The summed E-state index contributed by atoms with van der Waals surface area (Å²) in [7, 11) is 2.10. The minimum atomic E-state index is 0.754. The number of nitrogens with zero attached hydrogens (tertiary/aromatic N) is 3. The number of hydrogen-bond donors (Lipinski definition) is 0. The number of hydrogen-bond acceptors (Lipinski definition) is 3. The first-order valence-electron chi connectivity index (χ1n) is 5.75. The number of anilines is 1. The van der Waals surface area contributed by atoms with E-state index in [9.17, 15) is 0 Å². The minimum Gasteiger partial charge on any atom is -0.380 e. The van der Waals surface area contributed by atoms with Crippen LogP contribution in [0.5, 0.6) is 0 Å². The van der Waals surface area contributed by atoms with Gasteiger partial charge in [0.1, 0.15) is 0 Å². The van der Waals surface area contributed by atoms with Crippen LogP contribution in [0.25, 0.3) is 0 Å². The second-order valence-electron chi connectivity index (χ2n) is 4.44. The van der Waals surface area contributed by atoms with Gasteiger partial charge in [0.15, 0.2) is 0 Å². The standard InChI is InChI=1S/C13H14ClN3/c1-16-7-6-12-10(8-16)9-17(15-12)13-5-3-2-4-11(13)14/h2-5,8H,6-7,9H2,1H3. The lowest BCUT2D eigenvalue weighted by molar-refractivity contribution is 0.460. The molecule has 2 aliphatic heterocycles. The van der Waals surface area contributed by atoms with Gasteiger partial charge < -0.3 is 4.90 Å². The van der Waals surface area contributed by atoms with Crippen LogP contribution in [0.2, 0.25) is 5.02 Å². The highest BCUT2D eigenvalue weighted by Crippen LogP contribution is 2.30. The number of hydrazone groups is 1. The second-order valence-corrected chi connectivity index (χ2v) is 4.85. The molecule has 2 heterocycles. The highest BCUT2D eigenvalue weighted by atomic mass is 35.5. The molecule has 0 spiro atoms. The Morgan fingerprint density at radius 3 is 2.94 bits per heavy atom. The molecule has 0 amide bonds. The van der Waals surface area contributed by atoms with Gasteiger partial charge in [0.25, 0.3) is 0 Å². The quantitative estimate of drug-likeness (QED) is 0.760. The van der Waals surface area contributed by atoms with E-state index in [4.69, 9.17) is 11.6 Å². The highest BCUT2D eigenvalue weighted by molar-refractivity contribution is 6.33. The van der Waals surface area contributed by atoms with Crippen LogP contribution >= 0.6 is 11.6 Å². The van der Waals surface area contributed by atoms with E-state index in [1.54, 1.807) is 0 Å². The SMILES string of the molecule is CN1C=C2CN(c3ccccc3Cl)N=C2CC1. The molecule has 0 radical (unpaired) electrons. The largest absolute Gasteiger partial charge is 0.380 e. The van der Waals surface area contributed by atoms with Gasteiger partial charge in [0, 0.05) is 31.8 Å². The van der Waals surface area contributed by atoms with Crippen LogP contribution in [-0.4, -0.2) is 30.7 Å². The molecule has 88 valence electrons. The summed E-state index contributed by atoms with van der Waals surface area (Å²) in [6, 6.07) is 7.84. The Bertz CT molecular complexity index is 507. The van der Waals surface area contributed by atoms with Crippen LogP contribution in [0.3, 0.4) is 0 Å². The zero-order valence-electron chi connectivity index (χ0n) is 9.73. The Labute approximate surface area is 106 Å². The number of fused-ring (bicyclic) bond motifs is 1. The van der Waals surface area contributed by atoms with Crippen molar-refractivity contribution in [3.05, 3.63) is 41.1 Å². The van der Waals surface area contributed by atoms with E-state index in [1.165, 1.54) is 11.3 Å². The molecular formula is C13H14ClN3. The van der Waals surface area contributed by atoms with Gasteiger partial charge in [-0.15, -0.1) is 0 Å². The lowest BCUT2D eigenvalue weighted by Crippen LogP contribution is -2.23. The Hall–Kier alpha value is -1.48. The van der Waals surface area contributed by atoms with Gasteiger partial charge in [-0.05, 0) is 12.1 Å². The molecular weight excluding hydrogens is 234 g/mol. The van der Waals surface area contributed by atoms with E-state index in [-0.39, 0.29) is 0 Å². The van der Waals surface area contributed by atoms with E-state index in [2.05, 4.69) is 23.2 Å². The fraction of sp³-hybridized carbons (Fsp3) is 0.308. The van der Waals surface area contributed by atoms with Gasteiger partial charge in [0.05, 0.1) is 23.0 Å². The van der Waals surface area contributed by atoms with Crippen molar-refractivity contribution in [1.29, 1.82) is 0 Å². The molecule has 0 aliphatic carbocycles. The normalized spacial score (nSPS) is 18.9. The van der Waals surface area contributed by atoms with Gasteiger partial charge in [-0.1, -0.05) is 23.7 Å². The molecule has 0 atom stereocenters. The summed E-state index contributed by atoms with van der Waals surface area (Å²) in [6.45, 7) is 1.86. The molecule has 1 aromatic rings. The van der Waals surface area contributed by atoms with Gasteiger partial charge in [-0.2, -0.15) is 5.10 Å². The van der Waals surface area contributed by atoms with Crippen molar-refractivity contribution in [1.82, 2.24) is 4.90 Å². The Morgan fingerprint density at radius 2 is 2.12 bits per heavy atom. The van der Waals surface area contributed by atoms with Crippen molar-refractivity contribution in [3.8, 4) is 0 Å². The summed E-state index contributed by atoms with van der Waals surface area (Å²) >= 11 is 6.19. The summed E-state index contributed by atoms with van der Waals surface area (Å²) in [5, 5.41) is 7.39. The maximum Gasteiger partial charge on any atom is 0.0784 e. The van der Waals surface area contributed by atoms with Crippen molar-refractivity contribution in [3.63, 3.8) is 0 Å². The fourth-order valence-electron chi connectivity index (χ4n) is 2.24. The molecule has 0 bridgehead atoms. The molecule has 17 heavy (non-hydrogen) atoms. The Kier molecular flexibility index (Phi) is 2.56. The molecule has 3 rings (SSSR count).